The van der Waals surface area contributed by atoms with Crippen LogP contribution in [0.1, 0.15) is 22.8 Å². The zero-order valence-corrected chi connectivity index (χ0v) is 13.0. The Hall–Kier alpha value is -0.580. The molecule has 18 heavy (non-hydrogen) atoms. The summed E-state index contributed by atoms with van der Waals surface area (Å²) in [6.45, 7) is 6.62. The van der Waals surface area contributed by atoms with E-state index in [-0.39, 0.29) is 24.4 Å². The predicted molar refractivity (Wildman–Crippen MR) is 79.5 cm³/mol. The quantitative estimate of drug-likeness (QED) is 0.857. The van der Waals surface area contributed by atoms with Crippen molar-refractivity contribution in [2.75, 3.05) is 19.6 Å². The van der Waals surface area contributed by atoms with Crippen LogP contribution >= 0.6 is 28.3 Å². The average Bonchev–Trinajstić information content (AvgIpc) is 2.32. The zero-order chi connectivity index (χ0) is 12.4. The standard InChI is InChI=1S/C13H17BrN2O.ClH/c1-9-7-11(3-4-12(9)14)13(17)16-6-5-15-8-10(16)2;/h3-4,7,10,15H,5-6,8H2,1-2H3;1H/t10-;/m1./s1. The SMILES string of the molecule is Cc1cc(C(=O)N2CCNC[C@H]2C)ccc1Br.Cl. The molecular formula is C13H18BrClN2O. The van der Waals surface area contributed by atoms with Crippen molar-refractivity contribution in [3.8, 4) is 0 Å². The summed E-state index contributed by atoms with van der Waals surface area (Å²) in [6, 6.07) is 6.03. The number of carbonyl (C=O) groups excluding carboxylic acids is 1. The predicted octanol–water partition coefficient (Wildman–Crippen LogP) is 2.61. The van der Waals surface area contributed by atoms with Crippen molar-refractivity contribution in [2.24, 2.45) is 0 Å². The number of halogens is 2. The second-order valence-electron chi connectivity index (χ2n) is 4.52. The van der Waals surface area contributed by atoms with E-state index >= 15 is 0 Å². The van der Waals surface area contributed by atoms with Gasteiger partial charge in [0.2, 0.25) is 0 Å². The van der Waals surface area contributed by atoms with Gasteiger partial charge in [-0.1, -0.05) is 15.9 Å². The third-order valence-electron chi connectivity index (χ3n) is 3.17. The van der Waals surface area contributed by atoms with E-state index in [0.29, 0.717) is 0 Å². The summed E-state index contributed by atoms with van der Waals surface area (Å²) in [5.41, 5.74) is 1.87. The Morgan fingerprint density at radius 1 is 1.50 bits per heavy atom. The lowest BCUT2D eigenvalue weighted by atomic mass is 10.1. The second-order valence-corrected chi connectivity index (χ2v) is 5.37. The van der Waals surface area contributed by atoms with Crippen LogP contribution in [0, 0.1) is 6.92 Å². The highest BCUT2D eigenvalue weighted by Gasteiger charge is 2.23. The third-order valence-corrected chi connectivity index (χ3v) is 4.06. The molecule has 1 aromatic carbocycles. The van der Waals surface area contributed by atoms with Gasteiger partial charge in [-0.05, 0) is 37.6 Å². The number of aryl methyl sites for hydroxylation is 1. The van der Waals surface area contributed by atoms with E-state index in [9.17, 15) is 4.79 Å². The summed E-state index contributed by atoms with van der Waals surface area (Å²) in [7, 11) is 0. The van der Waals surface area contributed by atoms with Crippen LogP contribution in [0.4, 0.5) is 0 Å². The van der Waals surface area contributed by atoms with Crippen molar-refractivity contribution in [2.45, 2.75) is 19.9 Å². The second kappa shape index (κ2) is 6.55. The Labute approximate surface area is 122 Å². The highest BCUT2D eigenvalue weighted by Crippen LogP contribution is 2.19. The number of benzene rings is 1. The summed E-state index contributed by atoms with van der Waals surface area (Å²) < 4.78 is 1.04. The normalized spacial score (nSPS) is 19.3. The molecule has 1 aliphatic heterocycles. The molecular weight excluding hydrogens is 316 g/mol. The lowest BCUT2D eigenvalue weighted by Gasteiger charge is -2.34. The van der Waals surface area contributed by atoms with Gasteiger partial charge in [0.05, 0.1) is 0 Å². The molecule has 3 nitrogen and oxygen atoms in total. The monoisotopic (exact) mass is 332 g/mol. The first-order valence-electron chi connectivity index (χ1n) is 5.87. The first-order valence-corrected chi connectivity index (χ1v) is 6.66. The van der Waals surface area contributed by atoms with Crippen LogP contribution in [-0.4, -0.2) is 36.5 Å². The van der Waals surface area contributed by atoms with Gasteiger partial charge in [-0.2, -0.15) is 0 Å². The van der Waals surface area contributed by atoms with Crippen LogP contribution < -0.4 is 5.32 Å². The molecule has 0 bridgehead atoms. The van der Waals surface area contributed by atoms with Crippen LogP contribution in [0.5, 0.6) is 0 Å². The molecule has 0 radical (unpaired) electrons. The summed E-state index contributed by atoms with van der Waals surface area (Å²) in [4.78, 5) is 14.3. The average molecular weight is 334 g/mol. The molecule has 1 aliphatic rings. The van der Waals surface area contributed by atoms with E-state index < -0.39 is 0 Å². The summed E-state index contributed by atoms with van der Waals surface area (Å²) >= 11 is 3.45. The number of carbonyl (C=O) groups is 1. The lowest BCUT2D eigenvalue weighted by Crippen LogP contribution is -2.52. The minimum atomic E-state index is 0. The van der Waals surface area contributed by atoms with E-state index in [0.717, 1.165) is 35.2 Å². The summed E-state index contributed by atoms with van der Waals surface area (Å²) in [5, 5.41) is 3.29. The van der Waals surface area contributed by atoms with Gasteiger partial charge in [0.25, 0.3) is 5.91 Å². The maximum Gasteiger partial charge on any atom is 0.254 e. The first kappa shape index (κ1) is 15.5. The number of hydrogen-bond acceptors (Lipinski definition) is 2. The number of hydrogen-bond donors (Lipinski definition) is 1. The molecule has 0 aliphatic carbocycles. The lowest BCUT2D eigenvalue weighted by molar-refractivity contribution is 0.0655. The van der Waals surface area contributed by atoms with Crippen molar-refractivity contribution in [1.29, 1.82) is 0 Å². The van der Waals surface area contributed by atoms with Crippen LogP contribution in [-0.2, 0) is 0 Å². The van der Waals surface area contributed by atoms with Crippen LogP contribution in [0.3, 0.4) is 0 Å². The van der Waals surface area contributed by atoms with Gasteiger partial charge < -0.3 is 10.2 Å². The van der Waals surface area contributed by atoms with Gasteiger partial charge >= 0.3 is 0 Å². The summed E-state index contributed by atoms with van der Waals surface area (Å²) in [6.07, 6.45) is 0. The fourth-order valence-electron chi connectivity index (χ4n) is 2.09. The Balaban J connectivity index is 0.00000162. The van der Waals surface area contributed by atoms with E-state index in [4.69, 9.17) is 0 Å². The molecule has 5 heteroatoms. The third kappa shape index (κ3) is 3.25. The molecule has 1 aromatic rings. The summed E-state index contributed by atoms with van der Waals surface area (Å²) in [5.74, 6) is 0.134. The molecule has 0 aromatic heterocycles. The molecule has 1 atom stereocenters. The fourth-order valence-corrected chi connectivity index (χ4v) is 2.33. The van der Waals surface area contributed by atoms with Gasteiger partial charge in [0, 0.05) is 35.7 Å². The highest BCUT2D eigenvalue weighted by molar-refractivity contribution is 9.10. The smallest absolute Gasteiger partial charge is 0.254 e. The van der Waals surface area contributed by atoms with E-state index in [2.05, 4.69) is 28.2 Å². The Kier molecular flexibility index (Phi) is 5.63. The van der Waals surface area contributed by atoms with Gasteiger partial charge in [0.15, 0.2) is 0 Å². The van der Waals surface area contributed by atoms with Crippen molar-refractivity contribution < 1.29 is 4.79 Å². The van der Waals surface area contributed by atoms with Crippen molar-refractivity contribution in [3.63, 3.8) is 0 Å². The van der Waals surface area contributed by atoms with Crippen LogP contribution in [0.2, 0.25) is 0 Å². The Morgan fingerprint density at radius 2 is 2.22 bits per heavy atom. The van der Waals surface area contributed by atoms with Crippen LogP contribution in [0.15, 0.2) is 22.7 Å². The molecule has 1 saturated heterocycles. The Bertz CT molecular complexity index is 439. The van der Waals surface area contributed by atoms with Crippen molar-refractivity contribution >= 4 is 34.2 Å². The maximum absolute atomic E-state index is 12.4. The molecule has 1 amide bonds. The molecule has 2 rings (SSSR count). The molecule has 100 valence electrons. The largest absolute Gasteiger partial charge is 0.333 e. The minimum absolute atomic E-state index is 0. The van der Waals surface area contributed by atoms with Crippen molar-refractivity contribution in [3.05, 3.63) is 33.8 Å². The van der Waals surface area contributed by atoms with Crippen molar-refractivity contribution in [1.82, 2.24) is 10.2 Å². The molecule has 1 heterocycles. The van der Waals surface area contributed by atoms with Gasteiger partial charge in [-0.25, -0.2) is 0 Å². The Morgan fingerprint density at radius 3 is 2.83 bits per heavy atom. The first-order chi connectivity index (χ1) is 8.09. The number of nitrogens with one attached hydrogen (secondary N) is 1. The molecule has 0 unspecified atom stereocenters. The highest BCUT2D eigenvalue weighted by atomic mass is 79.9. The van der Waals surface area contributed by atoms with E-state index in [1.165, 1.54) is 0 Å². The zero-order valence-electron chi connectivity index (χ0n) is 10.6. The number of piperazine rings is 1. The minimum Gasteiger partial charge on any atom is -0.333 e. The topological polar surface area (TPSA) is 32.3 Å². The molecule has 1 N–H and O–H groups in total. The van der Waals surface area contributed by atoms with E-state index in [1.807, 2.05) is 30.0 Å². The van der Waals surface area contributed by atoms with Gasteiger partial charge in [-0.15, -0.1) is 12.4 Å². The maximum atomic E-state index is 12.4. The molecule has 1 fully saturated rings. The number of rotatable bonds is 1. The van der Waals surface area contributed by atoms with Gasteiger partial charge in [0.1, 0.15) is 0 Å². The molecule has 0 spiro atoms. The van der Waals surface area contributed by atoms with Crippen LogP contribution in [0.25, 0.3) is 0 Å². The van der Waals surface area contributed by atoms with E-state index in [1.54, 1.807) is 0 Å². The van der Waals surface area contributed by atoms with Gasteiger partial charge in [-0.3, -0.25) is 4.79 Å². The fraction of sp³-hybridized carbons (Fsp3) is 0.462. The number of nitrogens with zero attached hydrogens (tertiary/aromatic N) is 1. The number of amides is 1. The molecule has 0 saturated carbocycles.